The number of amides is 2. The van der Waals surface area contributed by atoms with Gasteiger partial charge in [0.05, 0.1) is 6.42 Å². The van der Waals surface area contributed by atoms with Crippen molar-refractivity contribution in [2.24, 2.45) is 5.92 Å². The van der Waals surface area contributed by atoms with Crippen molar-refractivity contribution in [2.45, 2.75) is 25.3 Å². The normalized spacial score (nSPS) is 21.8. The molecule has 4 nitrogen and oxygen atoms in total. The molecule has 3 heterocycles. The predicted molar refractivity (Wildman–Crippen MR) is 106 cm³/mol. The summed E-state index contributed by atoms with van der Waals surface area (Å²) in [6.45, 7) is 2.10. The van der Waals surface area contributed by atoms with Crippen LogP contribution >= 0.6 is 11.6 Å². The molecule has 2 aromatic carbocycles. The standard InChI is InChI=1S/C22H23ClN2O2/c23-19-9-6-16(7-10-19)12-21(26)25-14-17-8-11-20(25)15-24(13-17)22(27)18-4-2-1-3-5-18/h1-7,9-10,17,20H,8,11-15H2/t17-,20+/m0/s1. The summed E-state index contributed by atoms with van der Waals surface area (Å²) < 4.78 is 0. The van der Waals surface area contributed by atoms with E-state index in [1.807, 2.05) is 64.4 Å². The number of benzene rings is 2. The Bertz CT molecular complexity index is 822. The van der Waals surface area contributed by atoms with Gasteiger partial charge in [-0.25, -0.2) is 0 Å². The molecule has 2 bridgehead atoms. The molecule has 0 spiro atoms. The largest absolute Gasteiger partial charge is 0.337 e. The van der Waals surface area contributed by atoms with E-state index in [0.29, 0.717) is 23.9 Å². The number of fused-ring (bicyclic) bond motifs is 4. The minimum atomic E-state index is 0.0690. The van der Waals surface area contributed by atoms with Crippen LogP contribution in [0.15, 0.2) is 54.6 Å². The van der Waals surface area contributed by atoms with Crippen LogP contribution in [0.25, 0.3) is 0 Å². The summed E-state index contributed by atoms with van der Waals surface area (Å²) in [5.41, 5.74) is 1.69. The third-order valence-electron chi connectivity index (χ3n) is 5.61. The Balaban J connectivity index is 1.47. The molecule has 5 heteroatoms. The number of carbonyl (C=O) groups is 2. The van der Waals surface area contributed by atoms with Crippen LogP contribution in [0.3, 0.4) is 0 Å². The molecule has 0 radical (unpaired) electrons. The van der Waals surface area contributed by atoms with Crippen molar-refractivity contribution in [2.75, 3.05) is 19.6 Å². The molecular weight excluding hydrogens is 360 g/mol. The van der Waals surface area contributed by atoms with Gasteiger partial charge in [-0.1, -0.05) is 41.9 Å². The van der Waals surface area contributed by atoms with Crippen LogP contribution < -0.4 is 0 Å². The maximum absolute atomic E-state index is 12.9. The van der Waals surface area contributed by atoms with Gasteiger partial charge < -0.3 is 9.80 Å². The molecule has 2 atom stereocenters. The lowest BCUT2D eigenvalue weighted by molar-refractivity contribution is -0.134. The van der Waals surface area contributed by atoms with E-state index in [4.69, 9.17) is 11.6 Å². The van der Waals surface area contributed by atoms with Crippen molar-refractivity contribution in [1.29, 1.82) is 0 Å². The number of carbonyl (C=O) groups excluding carboxylic acids is 2. The molecule has 5 rings (SSSR count). The van der Waals surface area contributed by atoms with Gasteiger partial charge in [0.15, 0.2) is 0 Å². The quantitative estimate of drug-likeness (QED) is 0.813. The van der Waals surface area contributed by atoms with E-state index in [2.05, 4.69) is 0 Å². The fraction of sp³-hybridized carbons (Fsp3) is 0.364. The second-order valence-corrected chi connectivity index (χ2v) is 7.96. The zero-order chi connectivity index (χ0) is 18.8. The Kier molecular flexibility index (Phi) is 5.17. The van der Waals surface area contributed by atoms with E-state index in [-0.39, 0.29) is 17.9 Å². The lowest BCUT2D eigenvalue weighted by atomic mass is 9.94. The lowest BCUT2D eigenvalue weighted by Gasteiger charge is -2.36. The molecule has 2 aromatic rings. The predicted octanol–water partition coefficient (Wildman–Crippen LogP) is 3.65. The summed E-state index contributed by atoms with van der Waals surface area (Å²) >= 11 is 5.93. The summed E-state index contributed by atoms with van der Waals surface area (Å²) in [6, 6.07) is 17.0. The first-order valence-electron chi connectivity index (χ1n) is 9.48. The minimum absolute atomic E-state index is 0.0690. The molecule has 140 valence electrons. The van der Waals surface area contributed by atoms with Crippen LogP contribution in [-0.2, 0) is 11.2 Å². The van der Waals surface area contributed by atoms with Gasteiger partial charge in [-0.2, -0.15) is 0 Å². The number of halogens is 1. The van der Waals surface area contributed by atoms with Gasteiger partial charge in [-0.15, -0.1) is 0 Å². The molecule has 27 heavy (non-hydrogen) atoms. The number of piperidine rings is 1. The Morgan fingerprint density at radius 1 is 0.926 bits per heavy atom. The van der Waals surface area contributed by atoms with Crippen LogP contribution in [0.5, 0.6) is 0 Å². The fourth-order valence-corrected chi connectivity index (χ4v) is 4.32. The van der Waals surface area contributed by atoms with Gasteiger partial charge >= 0.3 is 0 Å². The average Bonchev–Trinajstić information content (AvgIpc) is 3.02. The summed E-state index contributed by atoms with van der Waals surface area (Å²) in [7, 11) is 0. The molecule has 0 aromatic heterocycles. The van der Waals surface area contributed by atoms with Gasteiger partial charge in [-0.3, -0.25) is 9.59 Å². The highest BCUT2D eigenvalue weighted by molar-refractivity contribution is 6.30. The molecule has 3 aliphatic rings. The zero-order valence-corrected chi connectivity index (χ0v) is 15.9. The first-order valence-corrected chi connectivity index (χ1v) is 9.86. The maximum atomic E-state index is 12.9. The van der Waals surface area contributed by atoms with E-state index in [1.54, 1.807) is 0 Å². The van der Waals surface area contributed by atoms with E-state index in [1.165, 1.54) is 0 Å². The van der Waals surface area contributed by atoms with Gasteiger partial charge in [-0.05, 0) is 48.6 Å². The first kappa shape index (κ1) is 18.1. The van der Waals surface area contributed by atoms with Crippen molar-refractivity contribution in [1.82, 2.24) is 9.80 Å². The first-order chi connectivity index (χ1) is 13.1. The highest BCUT2D eigenvalue weighted by Gasteiger charge is 2.38. The van der Waals surface area contributed by atoms with Crippen molar-refractivity contribution < 1.29 is 9.59 Å². The second kappa shape index (κ2) is 7.73. The average molecular weight is 383 g/mol. The van der Waals surface area contributed by atoms with Gasteiger partial charge in [0.1, 0.15) is 0 Å². The van der Waals surface area contributed by atoms with E-state index < -0.39 is 0 Å². The van der Waals surface area contributed by atoms with Crippen molar-refractivity contribution in [3.05, 3.63) is 70.7 Å². The van der Waals surface area contributed by atoms with E-state index in [0.717, 1.165) is 37.1 Å². The smallest absolute Gasteiger partial charge is 0.253 e. The van der Waals surface area contributed by atoms with E-state index >= 15 is 0 Å². The van der Waals surface area contributed by atoms with Gasteiger partial charge in [0, 0.05) is 36.3 Å². The molecular formula is C22H23ClN2O2. The molecule has 0 unspecified atom stereocenters. The molecule has 0 aliphatic carbocycles. The molecule has 3 saturated heterocycles. The van der Waals surface area contributed by atoms with Crippen molar-refractivity contribution >= 4 is 23.4 Å². The van der Waals surface area contributed by atoms with Crippen LogP contribution in [0.4, 0.5) is 0 Å². The van der Waals surface area contributed by atoms with Crippen molar-refractivity contribution in [3.8, 4) is 0 Å². The maximum Gasteiger partial charge on any atom is 0.253 e. The Labute approximate surface area is 164 Å². The number of hydrogen-bond acceptors (Lipinski definition) is 2. The van der Waals surface area contributed by atoms with Crippen LogP contribution in [0.2, 0.25) is 5.02 Å². The zero-order valence-electron chi connectivity index (χ0n) is 15.2. The molecule has 0 saturated carbocycles. The minimum Gasteiger partial charge on any atom is -0.337 e. The lowest BCUT2D eigenvalue weighted by Crippen LogP contribution is -2.48. The number of hydrogen-bond donors (Lipinski definition) is 0. The molecule has 2 amide bonds. The third-order valence-corrected chi connectivity index (χ3v) is 5.86. The Morgan fingerprint density at radius 3 is 2.41 bits per heavy atom. The summed E-state index contributed by atoms with van der Waals surface area (Å²) in [5, 5.41) is 0.676. The SMILES string of the molecule is O=C(c1ccccc1)N1C[C@@H]2CC[C@H](C1)N(C(=O)Cc1ccc(Cl)cc1)C2. The fourth-order valence-electron chi connectivity index (χ4n) is 4.19. The Morgan fingerprint density at radius 2 is 1.67 bits per heavy atom. The highest BCUT2D eigenvalue weighted by Crippen LogP contribution is 2.29. The highest BCUT2D eigenvalue weighted by atomic mass is 35.5. The van der Waals surface area contributed by atoms with Gasteiger partial charge in [0.2, 0.25) is 5.91 Å². The van der Waals surface area contributed by atoms with E-state index in [9.17, 15) is 9.59 Å². The summed E-state index contributed by atoms with van der Waals surface area (Å²) in [6.07, 6.45) is 2.43. The third kappa shape index (κ3) is 4.01. The number of rotatable bonds is 3. The number of nitrogens with zero attached hydrogens (tertiary/aromatic N) is 2. The molecule has 3 fully saturated rings. The van der Waals surface area contributed by atoms with Crippen molar-refractivity contribution in [3.63, 3.8) is 0 Å². The summed E-state index contributed by atoms with van der Waals surface area (Å²) in [5.74, 6) is 0.561. The Hall–Kier alpha value is -2.33. The van der Waals surface area contributed by atoms with Crippen LogP contribution in [0, 0.1) is 5.92 Å². The molecule has 0 N–H and O–H groups in total. The van der Waals surface area contributed by atoms with Gasteiger partial charge in [0.25, 0.3) is 5.91 Å². The van der Waals surface area contributed by atoms with Crippen LogP contribution in [-0.4, -0.2) is 47.3 Å². The summed E-state index contributed by atoms with van der Waals surface area (Å²) in [4.78, 5) is 29.8. The molecule has 3 aliphatic heterocycles. The van der Waals surface area contributed by atoms with Crippen LogP contribution in [0.1, 0.15) is 28.8 Å². The monoisotopic (exact) mass is 382 g/mol. The second-order valence-electron chi connectivity index (χ2n) is 7.52. The topological polar surface area (TPSA) is 40.6 Å².